The van der Waals surface area contributed by atoms with E-state index in [-0.39, 0.29) is 28.1 Å². The molecule has 1 amide bonds. The number of esters is 1. The Morgan fingerprint density at radius 1 is 0.970 bits per heavy atom. The van der Waals surface area contributed by atoms with Gasteiger partial charge in [-0.25, -0.2) is 17.9 Å². The Morgan fingerprint density at radius 2 is 1.61 bits per heavy atom. The lowest BCUT2D eigenvalue weighted by Crippen LogP contribution is -2.31. The molecule has 33 heavy (non-hydrogen) atoms. The van der Waals surface area contributed by atoms with Crippen LogP contribution in [0.2, 0.25) is 5.02 Å². The van der Waals surface area contributed by atoms with E-state index in [2.05, 4.69) is 10.0 Å². The van der Waals surface area contributed by atoms with E-state index in [9.17, 15) is 18.0 Å². The van der Waals surface area contributed by atoms with Gasteiger partial charge in [-0.2, -0.15) is 0 Å². The number of benzene rings is 3. The third-order valence-corrected chi connectivity index (χ3v) is 6.66. The zero-order chi connectivity index (χ0) is 23.8. The first-order valence-corrected chi connectivity index (χ1v) is 12.0. The second kappa shape index (κ2) is 11.1. The topological polar surface area (TPSA) is 102 Å². The number of halogens is 1. The first kappa shape index (κ1) is 24.4. The molecule has 3 aromatic carbocycles. The van der Waals surface area contributed by atoms with Crippen molar-refractivity contribution in [1.82, 2.24) is 10.0 Å². The van der Waals surface area contributed by atoms with Crippen molar-refractivity contribution in [3.8, 4) is 0 Å². The average molecular weight is 487 g/mol. The second-order valence-electron chi connectivity index (χ2n) is 7.23. The van der Waals surface area contributed by atoms with Crippen LogP contribution in [-0.2, 0) is 26.1 Å². The SMILES string of the molecule is C[C@H](NC(=O)COC(=O)c1ccc(Cl)c(S(=O)(=O)NCc2ccccc2)c1)c1ccccc1. The molecule has 3 aromatic rings. The van der Waals surface area contributed by atoms with Crippen LogP contribution in [0.3, 0.4) is 0 Å². The third-order valence-electron chi connectivity index (χ3n) is 4.78. The highest BCUT2D eigenvalue weighted by atomic mass is 35.5. The molecule has 0 aliphatic heterocycles. The molecule has 0 spiro atoms. The molecule has 0 saturated carbocycles. The predicted molar refractivity (Wildman–Crippen MR) is 125 cm³/mol. The molecule has 172 valence electrons. The summed E-state index contributed by atoms with van der Waals surface area (Å²) in [7, 11) is -3.99. The van der Waals surface area contributed by atoms with E-state index in [4.69, 9.17) is 16.3 Å². The van der Waals surface area contributed by atoms with Crippen LogP contribution in [-0.4, -0.2) is 26.9 Å². The highest BCUT2D eigenvalue weighted by Crippen LogP contribution is 2.23. The summed E-state index contributed by atoms with van der Waals surface area (Å²) in [5.74, 6) is -1.32. The lowest BCUT2D eigenvalue weighted by Gasteiger charge is -2.14. The van der Waals surface area contributed by atoms with Crippen molar-refractivity contribution in [1.29, 1.82) is 0 Å². The van der Waals surface area contributed by atoms with Gasteiger partial charge in [0, 0.05) is 6.54 Å². The molecular weight excluding hydrogens is 464 g/mol. The molecule has 9 heteroatoms. The third kappa shape index (κ3) is 6.89. The van der Waals surface area contributed by atoms with Gasteiger partial charge in [-0.3, -0.25) is 4.79 Å². The van der Waals surface area contributed by atoms with Gasteiger partial charge in [0.25, 0.3) is 5.91 Å². The molecule has 0 unspecified atom stereocenters. The highest BCUT2D eigenvalue weighted by molar-refractivity contribution is 7.89. The van der Waals surface area contributed by atoms with Gasteiger partial charge in [-0.15, -0.1) is 0 Å². The molecule has 1 atom stereocenters. The number of rotatable bonds is 9. The van der Waals surface area contributed by atoms with Gasteiger partial charge in [0.2, 0.25) is 10.0 Å². The van der Waals surface area contributed by atoms with Crippen molar-refractivity contribution < 1.29 is 22.7 Å². The maximum atomic E-state index is 12.7. The van der Waals surface area contributed by atoms with Gasteiger partial charge < -0.3 is 10.1 Å². The Kier molecular flexibility index (Phi) is 8.21. The molecule has 0 bridgehead atoms. The minimum atomic E-state index is -3.99. The molecule has 2 N–H and O–H groups in total. The Balaban J connectivity index is 1.62. The van der Waals surface area contributed by atoms with Crippen LogP contribution < -0.4 is 10.0 Å². The van der Waals surface area contributed by atoms with Gasteiger partial charge in [0.1, 0.15) is 4.90 Å². The normalized spacial score (nSPS) is 12.1. The zero-order valence-electron chi connectivity index (χ0n) is 17.8. The fraction of sp³-hybridized carbons (Fsp3) is 0.167. The molecule has 3 rings (SSSR count). The van der Waals surface area contributed by atoms with Gasteiger partial charge in [-0.05, 0) is 36.2 Å². The molecule has 0 fully saturated rings. The molecule has 0 aromatic heterocycles. The maximum absolute atomic E-state index is 12.7. The summed E-state index contributed by atoms with van der Waals surface area (Å²) in [4.78, 5) is 24.3. The molecule has 0 aliphatic carbocycles. The average Bonchev–Trinajstić information content (AvgIpc) is 2.82. The lowest BCUT2D eigenvalue weighted by molar-refractivity contribution is -0.124. The smallest absolute Gasteiger partial charge is 0.338 e. The molecule has 0 heterocycles. The number of nitrogens with one attached hydrogen (secondary N) is 2. The maximum Gasteiger partial charge on any atom is 0.338 e. The van der Waals surface area contributed by atoms with Gasteiger partial charge in [-0.1, -0.05) is 72.3 Å². The van der Waals surface area contributed by atoms with E-state index in [0.29, 0.717) is 0 Å². The number of hydrogen-bond donors (Lipinski definition) is 2. The summed E-state index contributed by atoms with van der Waals surface area (Å²) < 4.78 is 32.9. The van der Waals surface area contributed by atoms with Crippen LogP contribution >= 0.6 is 11.6 Å². The Bertz CT molecular complexity index is 1220. The van der Waals surface area contributed by atoms with E-state index < -0.39 is 28.5 Å². The van der Waals surface area contributed by atoms with Crippen molar-refractivity contribution in [2.45, 2.75) is 24.4 Å². The van der Waals surface area contributed by atoms with Crippen molar-refractivity contribution >= 4 is 33.5 Å². The largest absolute Gasteiger partial charge is 0.452 e. The molecular formula is C24H23ClN2O5S. The van der Waals surface area contributed by atoms with Crippen LogP contribution in [0.1, 0.15) is 34.5 Å². The van der Waals surface area contributed by atoms with Crippen molar-refractivity contribution in [2.24, 2.45) is 0 Å². The summed E-state index contributed by atoms with van der Waals surface area (Å²) in [5.41, 5.74) is 1.64. The Morgan fingerprint density at radius 3 is 2.27 bits per heavy atom. The van der Waals surface area contributed by atoms with Crippen LogP contribution in [0.5, 0.6) is 0 Å². The zero-order valence-corrected chi connectivity index (χ0v) is 19.4. The van der Waals surface area contributed by atoms with E-state index in [1.165, 1.54) is 12.1 Å². The number of sulfonamides is 1. The Hall–Kier alpha value is -3.20. The van der Waals surface area contributed by atoms with Gasteiger partial charge in [0.05, 0.1) is 16.6 Å². The first-order valence-electron chi connectivity index (χ1n) is 10.1. The number of amides is 1. The summed E-state index contributed by atoms with van der Waals surface area (Å²) in [6.45, 7) is 1.37. The van der Waals surface area contributed by atoms with Gasteiger partial charge >= 0.3 is 5.97 Å². The molecule has 0 radical (unpaired) electrons. The van der Waals surface area contributed by atoms with Crippen LogP contribution in [0, 0.1) is 0 Å². The fourth-order valence-electron chi connectivity index (χ4n) is 3.01. The van der Waals surface area contributed by atoms with E-state index >= 15 is 0 Å². The van der Waals surface area contributed by atoms with Crippen LogP contribution in [0.15, 0.2) is 83.8 Å². The standard InChI is InChI=1S/C24H23ClN2O5S/c1-17(19-10-6-3-7-11-19)27-23(28)16-32-24(29)20-12-13-21(25)22(14-20)33(30,31)26-15-18-8-4-2-5-9-18/h2-14,17,26H,15-16H2,1H3,(H,27,28)/t17-/m0/s1. The van der Waals surface area contributed by atoms with E-state index in [1.807, 2.05) is 43.3 Å². The van der Waals surface area contributed by atoms with Crippen molar-refractivity contribution in [3.63, 3.8) is 0 Å². The van der Waals surface area contributed by atoms with E-state index in [1.54, 1.807) is 24.3 Å². The number of carbonyl (C=O) groups is 2. The lowest BCUT2D eigenvalue weighted by atomic mass is 10.1. The molecule has 7 nitrogen and oxygen atoms in total. The summed E-state index contributed by atoms with van der Waals surface area (Å²) in [5, 5.41) is 2.70. The number of hydrogen-bond acceptors (Lipinski definition) is 5. The van der Waals surface area contributed by atoms with Crippen LogP contribution in [0.4, 0.5) is 0 Å². The highest BCUT2D eigenvalue weighted by Gasteiger charge is 2.21. The monoisotopic (exact) mass is 486 g/mol. The predicted octanol–water partition coefficient (Wildman–Crippen LogP) is 3.85. The van der Waals surface area contributed by atoms with Crippen molar-refractivity contribution in [2.75, 3.05) is 6.61 Å². The van der Waals surface area contributed by atoms with Gasteiger partial charge in [0.15, 0.2) is 6.61 Å². The Labute approximate surface area is 197 Å². The second-order valence-corrected chi connectivity index (χ2v) is 9.37. The number of carbonyl (C=O) groups excluding carboxylic acids is 2. The summed E-state index contributed by atoms with van der Waals surface area (Å²) in [6, 6.07) is 21.8. The molecule has 0 saturated heterocycles. The van der Waals surface area contributed by atoms with Crippen LogP contribution in [0.25, 0.3) is 0 Å². The quantitative estimate of drug-likeness (QED) is 0.447. The number of ether oxygens (including phenoxy) is 1. The fourth-order valence-corrected chi connectivity index (χ4v) is 4.55. The minimum absolute atomic E-state index is 0.0385. The summed E-state index contributed by atoms with van der Waals surface area (Å²) >= 11 is 6.07. The first-order chi connectivity index (χ1) is 15.8. The summed E-state index contributed by atoms with van der Waals surface area (Å²) in [6.07, 6.45) is 0. The molecule has 0 aliphatic rings. The van der Waals surface area contributed by atoms with E-state index in [0.717, 1.165) is 17.2 Å². The van der Waals surface area contributed by atoms with Crippen molar-refractivity contribution in [3.05, 3.63) is 101 Å². The minimum Gasteiger partial charge on any atom is -0.452 e.